The summed E-state index contributed by atoms with van der Waals surface area (Å²) in [6.45, 7) is 0.948. The summed E-state index contributed by atoms with van der Waals surface area (Å²) in [4.78, 5) is 33.3. The molecule has 0 radical (unpaired) electrons. The molecule has 4 rings (SSSR count). The summed E-state index contributed by atoms with van der Waals surface area (Å²) in [5.41, 5.74) is 4.21. The van der Waals surface area contributed by atoms with Gasteiger partial charge in [0.1, 0.15) is 0 Å². The molecule has 5 heteroatoms. The first-order chi connectivity index (χ1) is 13.4. The van der Waals surface area contributed by atoms with E-state index in [9.17, 15) is 0 Å². The van der Waals surface area contributed by atoms with E-state index in [1.54, 1.807) is 31.9 Å². The van der Waals surface area contributed by atoms with E-state index in [1.807, 2.05) is 0 Å². The first kappa shape index (κ1) is 27.3. The van der Waals surface area contributed by atoms with Gasteiger partial charge in [-0.3, -0.25) is 0 Å². The van der Waals surface area contributed by atoms with E-state index in [1.165, 1.54) is 6.42 Å². The number of fused-ring (bicyclic) bond motifs is 2. The zero-order chi connectivity index (χ0) is 22.9. The van der Waals surface area contributed by atoms with Crippen LogP contribution in [0.15, 0.2) is 14.3 Å². The molecule has 30 heavy (non-hydrogen) atoms. The molecule has 3 heterocycles. The summed E-state index contributed by atoms with van der Waals surface area (Å²) in [7, 11) is 0. The molecule has 4 aliphatic rings. The first-order valence-electron chi connectivity index (χ1n) is 12.9. The van der Waals surface area contributed by atoms with Crippen molar-refractivity contribution in [3.8, 4) is 0 Å². The van der Waals surface area contributed by atoms with Crippen LogP contribution in [0.1, 0.15) is 25.7 Å². The standard InChI is InChI=1S/C13H15B.12CH3.4Sn/c1-9-3-11-4-12-6-13(5-11)8-14(7-12)10(9)2;;;;;;;;;;;;;;;;/h11-13H,3-8H2;12*1H3;;;;. The van der Waals surface area contributed by atoms with Crippen LogP contribution in [0.4, 0.5) is 0 Å². The van der Waals surface area contributed by atoms with Crippen LogP contribution >= 0.6 is 0 Å². The van der Waals surface area contributed by atoms with Gasteiger partial charge in [0.2, 0.25) is 0 Å². The van der Waals surface area contributed by atoms with Crippen molar-refractivity contribution in [2.75, 3.05) is 0 Å². The fourth-order valence-corrected chi connectivity index (χ4v) is 121. The number of rotatable bonds is 4. The van der Waals surface area contributed by atoms with Gasteiger partial charge in [-0.15, -0.1) is 0 Å². The van der Waals surface area contributed by atoms with Crippen LogP contribution in [0.3, 0.4) is 0 Å². The Labute approximate surface area is 206 Å². The molecule has 4 bridgehead atoms. The Morgan fingerprint density at radius 2 is 0.933 bits per heavy atom. The molecule has 0 N–H and O–H groups in total. The summed E-state index contributed by atoms with van der Waals surface area (Å²) < 4.78 is 4.47. The van der Waals surface area contributed by atoms with E-state index in [2.05, 4.69) is 73.5 Å². The molecule has 0 nitrogen and oxygen atoms in total. The molecule has 0 amide bonds. The average molecular weight is 837 g/mol. The van der Waals surface area contributed by atoms with Crippen molar-refractivity contribution in [3.05, 3.63) is 14.3 Å². The summed E-state index contributed by atoms with van der Waals surface area (Å²) in [5, 5.41) is 0. The average Bonchev–Trinajstić information content (AvgIpc) is 2.44. The Bertz CT molecular complexity index is 691. The van der Waals surface area contributed by atoms with Crippen LogP contribution < -0.4 is 0 Å². The van der Waals surface area contributed by atoms with E-state index in [0.29, 0.717) is 0 Å². The molecule has 3 aliphatic heterocycles. The van der Waals surface area contributed by atoms with Crippen molar-refractivity contribution in [3.63, 3.8) is 0 Å². The molecule has 0 aromatic heterocycles. The normalized spacial score (nSPS) is 28.0. The molecule has 0 spiro atoms. The summed E-state index contributed by atoms with van der Waals surface area (Å²) in [6.07, 6.45) is 9.35. The van der Waals surface area contributed by atoms with Gasteiger partial charge in [-0.1, -0.05) is 0 Å². The van der Waals surface area contributed by atoms with Crippen molar-refractivity contribution in [2.24, 2.45) is 17.8 Å². The van der Waals surface area contributed by atoms with Crippen molar-refractivity contribution >= 4 is 80.2 Å². The molecular formula is C25H51BSn4. The van der Waals surface area contributed by atoms with Gasteiger partial charge in [-0.25, -0.2) is 0 Å². The van der Waals surface area contributed by atoms with Gasteiger partial charge in [-0.2, -0.15) is 0 Å². The van der Waals surface area contributed by atoms with Gasteiger partial charge in [0.15, 0.2) is 0 Å². The van der Waals surface area contributed by atoms with E-state index in [4.69, 9.17) is 0 Å². The van der Waals surface area contributed by atoms with Crippen molar-refractivity contribution < 1.29 is 0 Å². The Balaban J connectivity index is 2.43. The van der Waals surface area contributed by atoms with Gasteiger partial charge in [0.05, 0.1) is 0 Å². The van der Waals surface area contributed by atoms with E-state index in [0.717, 1.165) is 24.5 Å². The van der Waals surface area contributed by atoms with E-state index >= 15 is 0 Å². The number of allylic oxidation sites excluding steroid dienone is 2. The Morgan fingerprint density at radius 1 is 0.567 bits per heavy atom. The topological polar surface area (TPSA) is 0 Å². The van der Waals surface area contributed by atoms with Gasteiger partial charge in [-0.05, 0) is 0 Å². The monoisotopic (exact) mass is 842 g/mol. The third kappa shape index (κ3) is 6.10. The molecule has 3 saturated heterocycles. The van der Waals surface area contributed by atoms with Crippen LogP contribution in [0.5, 0.6) is 0 Å². The van der Waals surface area contributed by atoms with Crippen molar-refractivity contribution in [1.82, 2.24) is 0 Å². The third-order valence-corrected chi connectivity index (χ3v) is 85.9. The zero-order valence-corrected chi connectivity index (χ0v) is 34.0. The third-order valence-electron chi connectivity index (χ3n) is 8.03. The zero-order valence-electron chi connectivity index (χ0n) is 22.6. The minimum absolute atomic E-state index is 0.948. The van der Waals surface area contributed by atoms with Gasteiger partial charge in [0.25, 0.3) is 0 Å². The van der Waals surface area contributed by atoms with Crippen molar-refractivity contribution in [2.45, 2.75) is 97.6 Å². The summed E-state index contributed by atoms with van der Waals surface area (Å²) >= 11 is -8.73. The molecular weight excluding hydrogens is 786 g/mol. The molecule has 170 valence electrons. The van der Waals surface area contributed by atoms with Crippen molar-refractivity contribution in [1.29, 1.82) is 0 Å². The summed E-state index contributed by atoms with van der Waals surface area (Å²) in [6, 6.07) is 0. The molecule has 2 atom stereocenters. The Kier molecular flexibility index (Phi) is 8.49. The Hall–Kier alpha value is 2.74. The van der Waals surface area contributed by atoms with Crippen LogP contribution in [-0.2, 0) is 0 Å². The molecule has 1 saturated carbocycles. The predicted octanol–water partition coefficient (Wildman–Crippen LogP) is 8.57. The Morgan fingerprint density at radius 3 is 1.30 bits per heavy atom. The van der Waals surface area contributed by atoms with E-state index in [-0.39, 0.29) is 0 Å². The van der Waals surface area contributed by atoms with Crippen LogP contribution in [0.2, 0.25) is 71.9 Å². The fraction of sp³-hybridized carbons (Fsp3) is 0.840. The quantitative estimate of drug-likeness (QED) is 0.249. The predicted molar refractivity (Wildman–Crippen MR) is 152 cm³/mol. The van der Waals surface area contributed by atoms with Gasteiger partial charge < -0.3 is 0 Å². The second kappa shape index (κ2) is 9.32. The maximum absolute atomic E-state index is 2.77. The number of hydrogen-bond donors (Lipinski definition) is 0. The SMILES string of the molecule is [CH3][Sn]([CH3])([CH3])[C](=C1CC2CC3CB(CC(C3)C2)C1=[C]([Sn]([CH3])([CH3])[CH3])[Sn]([CH3])([CH3])[CH3])[Sn]([CH3])([CH3])[CH3]. The van der Waals surface area contributed by atoms with Gasteiger partial charge >= 0.3 is 210 Å². The van der Waals surface area contributed by atoms with Crippen LogP contribution in [-0.4, -0.2) is 80.2 Å². The second-order valence-corrected chi connectivity index (χ2v) is 80.5. The fourth-order valence-electron chi connectivity index (χ4n) is 8.59. The van der Waals surface area contributed by atoms with E-state index < -0.39 is 73.5 Å². The first-order valence-corrected chi connectivity index (χ1v) is 52.8. The van der Waals surface area contributed by atoms with Crippen LogP contribution in [0, 0.1) is 17.8 Å². The summed E-state index contributed by atoms with van der Waals surface area (Å²) in [5.74, 6) is 3.15. The molecule has 4 fully saturated rings. The number of hydrogen-bond acceptors (Lipinski definition) is 0. The molecule has 0 aromatic carbocycles. The second-order valence-electron chi connectivity index (χ2n) is 15.3. The van der Waals surface area contributed by atoms with Gasteiger partial charge in [0, 0.05) is 0 Å². The maximum atomic E-state index is 2.77. The molecule has 1 aliphatic carbocycles. The molecule has 2 unspecified atom stereocenters. The van der Waals surface area contributed by atoms with Crippen LogP contribution in [0.25, 0.3) is 0 Å². The molecule has 0 aromatic rings. The minimum atomic E-state index is -2.19.